The highest BCUT2D eigenvalue weighted by Crippen LogP contribution is 2.38. The summed E-state index contributed by atoms with van der Waals surface area (Å²) in [6, 6.07) is 14.7. The second-order valence-electron chi connectivity index (χ2n) is 7.04. The first kappa shape index (κ1) is 19.7. The highest BCUT2D eigenvalue weighted by Gasteiger charge is 2.37. The van der Waals surface area contributed by atoms with Crippen LogP contribution in [0.2, 0.25) is 0 Å². The van der Waals surface area contributed by atoms with Crippen LogP contribution < -0.4 is 19.9 Å². The molecule has 2 aromatic carbocycles. The van der Waals surface area contributed by atoms with Crippen LogP contribution in [0, 0.1) is 6.92 Å². The number of nitrogens with zero attached hydrogens (tertiary/aromatic N) is 3. The topological polar surface area (TPSA) is 65.7 Å². The molecule has 0 aliphatic carbocycles. The van der Waals surface area contributed by atoms with Crippen molar-refractivity contribution in [2.75, 3.05) is 11.7 Å². The van der Waals surface area contributed by atoms with E-state index in [1.165, 1.54) is 21.3 Å². The maximum Gasteiger partial charge on any atom is 0.296 e. The quantitative estimate of drug-likeness (QED) is 0.448. The van der Waals surface area contributed by atoms with Gasteiger partial charge in [-0.05, 0) is 42.8 Å². The summed E-state index contributed by atoms with van der Waals surface area (Å²) in [5.41, 5.74) is 2.12. The highest BCUT2D eigenvalue weighted by molar-refractivity contribution is 8.27. The van der Waals surface area contributed by atoms with Crippen LogP contribution in [0.15, 0.2) is 58.2 Å². The van der Waals surface area contributed by atoms with Crippen molar-refractivity contribution in [2.24, 2.45) is 7.05 Å². The number of rotatable bonds is 3. The summed E-state index contributed by atoms with van der Waals surface area (Å²) < 4.78 is 14.3. The van der Waals surface area contributed by atoms with Crippen molar-refractivity contribution in [3.8, 4) is 17.2 Å². The molecular formula is C22H17N3O4S2. The third-order valence-electron chi connectivity index (χ3n) is 5.24. The Hall–Kier alpha value is -3.30. The Balaban J connectivity index is 1.54. The van der Waals surface area contributed by atoms with Gasteiger partial charge >= 0.3 is 0 Å². The predicted octanol–water partition coefficient (Wildman–Crippen LogP) is 3.62. The zero-order chi connectivity index (χ0) is 21.7. The summed E-state index contributed by atoms with van der Waals surface area (Å²) in [7, 11) is 1.79. The molecule has 0 atom stereocenters. The summed E-state index contributed by atoms with van der Waals surface area (Å²) >= 11 is 6.66. The van der Waals surface area contributed by atoms with Crippen LogP contribution in [0.25, 0.3) is 11.8 Å². The molecule has 2 aliphatic heterocycles. The first-order chi connectivity index (χ1) is 15.0. The summed E-state index contributed by atoms with van der Waals surface area (Å²) in [5.74, 6) is 0.985. The largest absolute Gasteiger partial charge is 0.454 e. The van der Waals surface area contributed by atoms with Crippen molar-refractivity contribution in [1.29, 1.82) is 0 Å². The molecule has 1 aromatic heterocycles. The van der Waals surface area contributed by atoms with E-state index in [1.807, 2.05) is 42.5 Å². The molecule has 0 unspecified atom stereocenters. The van der Waals surface area contributed by atoms with Crippen molar-refractivity contribution in [3.63, 3.8) is 0 Å². The maximum atomic E-state index is 13.3. The fraction of sp³-hybridized carbons (Fsp3) is 0.136. The number of fused-ring (bicyclic) bond motifs is 1. The summed E-state index contributed by atoms with van der Waals surface area (Å²) in [6.45, 7) is 1.98. The zero-order valence-electron chi connectivity index (χ0n) is 16.7. The van der Waals surface area contributed by atoms with Gasteiger partial charge in [0.25, 0.3) is 11.5 Å². The number of hydrogen-bond donors (Lipinski definition) is 0. The van der Waals surface area contributed by atoms with E-state index >= 15 is 0 Å². The molecule has 0 spiro atoms. The number of carbonyl (C=O) groups is 1. The Labute approximate surface area is 187 Å². The zero-order valence-corrected chi connectivity index (χ0v) is 18.3. The first-order valence-corrected chi connectivity index (χ1v) is 10.7. The lowest BCUT2D eigenvalue weighted by molar-refractivity contribution is -0.113. The van der Waals surface area contributed by atoms with Crippen molar-refractivity contribution < 1.29 is 14.3 Å². The molecule has 5 rings (SSSR count). The molecule has 7 nitrogen and oxygen atoms in total. The fourth-order valence-electron chi connectivity index (χ4n) is 3.63. The Bertz CT molecular complexity index is 1320. The van der Waals surface area contributed by atoms with E-state index in [4.69, 9.17) is 21.7 Å². The van der Waals surface area contributed by atoms with Gasteiger partial charge in [0, 0.05) is 7.05 Å². The molecule has 0 radical (unpaired) electrons. The lowest BCUT2D eigenvalue weighted by Crippen LogP contribution is -2.33. The normalized spacial score (nSPS) is 16.6. The van der Waals surface area contributed by atoms with Crippen LogP contribution in [0.1, 0.15) is 11.3 Å². The second-order valence-corrected chi connectivity index (χ2v) is 8.72. The fourth-order valence-corrected chi connectivity index (χ4v) is 4.90. The number of ether oxygens (including phenoxy) is 2. The molecule has 0 saturated carbocycles. The van der Waals surface area contributed by atoms with E-state index in [0.717, 1.165) is 5.56 Å². The molecule has 1 saturated heterocycles. The molecular weight excluding hydrogens is 434 g/mol. The number of hydrogen-bond acceptors (Lipinski definition) is 6. The van der Waals surface area contributed by atoms with Crippen molar-refractivity contribution in [3.05, 3.63) is 75.0 Å². The van der Waals surface area contributed by atoms with Crippen LogP contribution in [0.5, 0.6) is 11.5 Å². The standard InChI is InChI=1S/C22H17N3O4S2/c1-13-19(21(27)25(23(13)2)15-6-4-3-5-7-15)24-20(26)18(31-22(24)30)11-14-8-9-16-17(10-14)29-12-28-16/h3-11H,12H2,1-2H3/b18-11+. The van der Waals surface area contributed by atoms with Gasteiger partial charge in [-0.3, -0.25) is 19.2 Å². The van der Waals surface area contributed by atoms with Crippen molar-refractivity contribution in [1.82, 2.24) is 9.36 Å². The Kier molecular flexibility index (Phi) is 4.71. The number of benzene rings is 2. The van der Waals surface area contributed by atoms with Crippen LogP contribution in [-0.4, -0.2) is 26.4 Å². The Morgan fingerprint density at radius 1 is 1.06 bits per heavy atom. The number of thioether (sulfide) groups is 1. The van der Waals surface area contributed by atoms with Crippen LogP contribution in [0.3, 0.4) is 0 Å². The molecule has 1 fully saturated rings. The van der Waals surface area contributed by atoms with Gasteiger partial charge in [-0.15, -0.1) is 0 Å². The molecule has 156 valence electrons. The number of amides is 1. The number of anilines is 1. The summed E-state index contributed by atoms with van der Waals surface area (Å²) in [6.07, 6.45) is 1.75. The van der Waals surface area contributed by atoms with E-state index in [-0.39, 0.29) is 23.9 Å². The van der Waals surface area contributed by atoms with Crippen LogP contribution in [0.4, 0.5) is 5.69 Å². The average Bonchev–Trinajstić information content (AvgIpc) is 3.39. The molecule has 3 heterocycles. The molecule has 3 aromatic rings. The van der Waals surface area contributed by atoms with Gasteiger partial charge in [0.1, 0.15) is 5.69 Å². The maximum absolute atomic E-state index is 13.3. The second kappa shape index (κ2) is 7.44. The minimum atomic E-state index is -0.321. The predicted molar refractivity (Wildman–Crippen MR) is 124 cm³/mol. The van der Waals surface area contributed by atoms with Gasteiger partial charge in [0.15, 0.2) is 15.8 Å². The average molecular weight is 452 g/mol. The lowest BCUT2D eigenvalue weighted by atomic mass is 10.2. The smallest absolute Gasteiger partial charge is 0.296 e. The number of para-hydroxylation sites is 1. The number of thiocarbonyl (C=S) groups is 1. The van der Waals surface area contributed by atoms with E-state index in [0.29, 0.717) is 32.1 Å². The van der Waals surface area contributed by atoms with Gasteiger partial charge in [0.05, 0.1) is 16.3 Å². The third-order valence-corrected chi connectivity index (χ3v) is 6.54. The van der Waals surface area contributed by atoms with Crippen LogP contribution >= 0.6 is 24.0 Å². The minimum absolute atomic E-state index is 0.182. The van der Waals surface area contributed by atoms with Crippen molar-refractivity contribution >= 4 is 46.0 Å². The lowest BCUT2D eigenvalue weighted by Gasteiger charge is -2.12. The van der Waals surface area contributed by atoms with Gasteiger partial charge in [-0.1, -0.05) is 48.2 Å². The van der Waals surface area contributed by atoms with Gasteiger partial charge < -0.3 is 9.47 Å². The van der Waals surface area contributed by atoms with Gasteiger partial charge in [-0.25, -0.2) is 4.68 Å². The monoisotopic (exact) mass is 451 g/mol. The molecule has 0 N–H and O–H groups in total. The first-order valence-electron chi connectivity index (χ1n) is 9.47. The molecule has 0 bridgehead atoms. The number of aromatic nitrogens is 2. The number of carbonyl (C=O) groups excluding carboxylic acids is 1. The Morgan fingerprint density at radius 2 is 1.81 bits per heavy atom. The highest BCUT2D eigenvalue weighted by atomic mass is 32.2. The van der Waals surface area contributed by atoms with E-state index in [1.54, 1.807) is 30.8 Å². The van der Waals surface area contributed by atoms with Gasteiger partial charge in [-0.2, -0.15) is 0 Å². The van der Waals surface area contributed by atoms with Crippen molar-refractivity contribution in [2.45, 2.75) is 6.92 Å². The van der Waals surface area contributed by atoms with E-state index in [9.17, 15) is 9.59 Å². The molecule has 31 heavy (non-hydrogen) atoms. The van der Waals surface area contributed by atoms with E-state index in [2.05, 4.69) is 0 Å². The summed E-state index contributed by atoms with van der Waals surface area (Å²) in [4.78, 5) is 28.3. The Morgan fingerprint density at radius 3 is 2.58 bits per heavy atom. The summed E-state index contributed by atoms with van der Waals surface area (Å²) in [5, 5.41) is 0. The SMILES string of the molecule is Cc1c(N2C(=O)/C(=C\c3ccc4c(c3)OCO4)SC2=S)c(=O)n(-c2ccccc2)n1C. The van der Waals surface area contributed by atoms with Crippen LogP contribution in [-0.2, 0) is 11.8 Å². The third kappa shape index (κ3) is 3.17. The van der Waals surface area contributed by atoms with E-state index < -0.39 is 0 Å². The molecule has 2 aliphatic rings. The molecule has 9 heteroatoms. The van der Waals surface area contributed by atoms with Gasteiger partial charge in [0.2, 0.25) is 6.79 Å². The molecule has 1 amide bonds. The minimum Gasteiger partial charge on any atom is -0.454 e.